The van der Waals surface area contributed by atoms with Gasteiger partial charge in [0.15, 0.2) is 0 Å². The first-order chi connectivity index (χ1) is 13.2. The summed E-state index contributed by atoms with van der Waals surface area (Å²) in [5.41, 5.74) is 3.54. The molecule has 0 amide bonds. The van der Waals surface area contributed by atoms with Crippen molar-refractivity contribution in [3.05, 3.63) is 71.0 Å². The van der Waals surface area contributed by atoms with E-state index in [1.165, 1.54) is 23.3 Å². The molecule has 3 aliphatic rings. The van der Waals surface area contributed by atoms with Crippen molar-refractivity contribution < 1.29 is 9.13 Å². The molecule has 0 unspecified atom stereocenters. The molecule has 1 N–H and O–H groups in total. The molecule has 1 spiro atoms. The Morgan fingerprint density at radius 3 is 2.81 bits per heavy atom. The van der Waals surface area contributed by atoms with E-state index in [-0.39, 0.29) is 17.4 Å². The third-order valence-electron chi connectivity index (χ3n) is 5.97. The average Bonchev–Trinajstić information content (AvgIpc) is 3.11. The van der Waals surface area contributed by atoms with Crippen LogP contribution in [0.3, 0.4) is 0 Å². The molecule has 2 aromatic rings. The Labute approximate surface area is 159 Å². The second kappa shape index (κ2) is 6.64. The van der Waals surface area contributed by atoms with E-state index < -0.39 is 0 Å². The zero-order valence-electron chi connectivity index (χ0n) is 15.3. The summed E-state index contributed by atoms with van der Waals surface area (Å²) < 4.78 is 19.7. The van der Waals surface area contributed by atoms with E-state index in [1.807, 2.05) is 12.1 Å². The van der Waals surface area contributed by atoms with Gasteiger partial charge in [0.05, 0.1) is 6.04 Å². The fourth-order valence-electron chi connectivity index (χ4n) is 4.56. The number of hydrogen-bond acceptors (Lipinski definition) is 4. The summed E-state index contributed by atoms with van der Waals surface area (Å²) in [4.78, 5) is 7.32. The third kappa shape index (κ3) is 3.00. The zero-order valence-corrected chi connectivity index (χ0v) is 15.3. The van der Waals surface area contributed by atoms with Crippen molar-refractivity contribution in [2.75, 3.05) is 26.2 Å². The van der Waals surface area contributed by atoms with Gasteiger partial charge in [-0.15, -0.1) is 0 Å². The Balaban J connectivity index is 1.55. The number of nitrogens with one attached hydrogen (secondary N) is 1. The van der Waals surface area contributed by atoms with Crippen LogP contribution in [-0.4, -0.2) is 42.7 Å². The van der Waals surface area contributed by atoms with Crippen LogP contribution >= 0.6 is 0 Å². The summed E-state index contributed by atoms with van der Waals surface area (Å²) in [5.74, 6) is -0.212. The molecular formula is C22H24FN3O. The minimum absolute atomic E-state index is 0.000926. The molecule has 3 aliphatic heterocycles. The summed E-state index contributed by atoms with van der Waals surface area (Å²) in [6.45, 7) is 3.43. The molecule has 27 heavy (non-hydrogen) atoms. The van der Waals surface area contributed by atoms with Crippen LogP contribution in [-0.2, 0) is 11.2 Å². The Morgan fingerprint density at radius 2 is 2.00 bits per heavy atom. The molecule has 2 aromatic carbocycles. The van der Waals surface area contributed by atoms with Crippen molar-refractivity contribution >= 4 is 6.02 Å². The van der Waals surface area contributed by atoms with E-state index >= 15 is 0 Å². The van der Waals surface area contributed by atoms with Gasteiger partial charge < -0.3 is 15.0 Å². The van der Waals surface area contributed by atoms with Crippen LogP contribution in [0.15, 0.2) is 53.5 Å². The average molecular weight is 365 g/mol. The Kier molecular flexibility index (Phi) is 4.12. The molecule has 0 saturated carbocycles. The molecule has 1 fully saturated rings. The van der Waals surface area contributed by atoms with Gasteiger partial charge in [0.2, 0.25) is 0 Å². The van der Waals surface area contributed by atoms with Gasteiger partial charge in [-0.2, -0.15) is 0 Å². The van der Waals surface area contributed by atoms with Crippen LogP contribution in [0.4, 0.5) is 4.39 Å². The van der Waals surface area contributed by atoms with Crippen molar-refractivity contribution in [3.8, 4) is 0 Å². The number of rotatable bonds is 1. The standard InChI is InChI=1S/C22H24FN3O/c23-18-8-6-17(7-9-18)20-19-5-2-1-4-16(19)10-13-26(20)21-25-22(15-27-21)11-3-12-24-14-22/h1-2,4-9,20,24H,3,10-15H2/t20-,22+/m0/s1. The van der Waals surface area contributed by atoms with Gasteiger partial charge in [-0.3, -0.25) is 0 Å². The number of ether oxygens (including phenoxy) is 1. The van der Waals surface area contributed by atoms with E-state index in [2.05, 4.69) is 34.5 Å². The molecule has 140 valence electrons. The third-order valence-corrected chi connectivity index (χ3v) is 5.97. The predicted molar refractivity (Wildman–Crippen MR) is 103 cm³/mol. The number of benzene rings is 2. The van der Waals surface area contributed by atoms with Crippen molar-refractivity contribution in [1.29, 1.82) is 0 Å². The molecule has 1 saturated heterocycles. The molecule has 3 heterocycles. The maximum atomic E-state index is 13.5. The Bertz CT molecular complexity index is 858. The van der Waals surface area contributed by atoms with Crippen molar-refractivity contribution in [2.24, 2.45) is 4.99 Å². The highest BCUT2D eigenvalue weighted by Crippen LogP contribution is 2.38. The molecule has 2 atom stereocenters. The fourth-order valence-corrected chi connectivity index (χ4v) is 4.56. The maximum absolute atomic E-state index is 13.5. The quantitative estimate of drug-likeness (QED) is 0.843. The number of piperidine rings is 1. The van der Waals surface area contributed by atoms with E-state index in [9.17, 15) is 4.39 Å². The SMILES string of the molecule is Fc1ccc([C@H]2c3ccccc3CCN2C2=N[C@@]3(CCCNC3)CO2)cc1. The molecule has 4 nitrogen and oxygen atoms in total. The van der Waals surface area contributed by atoms with E-state index in [0.29, 0.717) is 6.61 Å². The maximum Gasteiger partial charge on any atom is 0.288 e. The first-order valence-corrected chi connectivity index (χ1v) is 9.77. The summed E-state index contributed by atoms with van der Waals surface area (Å²) in [7, 11) is 0. The highest BCUT2D eigenvalue weighted by Gasteiger charge is 2.42. The van der Waals surface area contributed by atoms with Gasteiger partial charge in [-0.05, 0) is 54.6 Å². The lowest BCUT2D eigenvalue weighted by atomic mass is 9.88. The molecule has 5 rings (SSSR count). The van der Waals surface area contributed by atoms with Crippen LogP contribution in [0.1, 0.15) is 35.6 Å². The van der Waals surface area contributed by atoms with Crippen LogP contribution in [0, 0.1) is 5.82 Å². The largest absolute Gasteiger partial charge is 0.462 e. The number of aliphatic imine (C=N–C) groups is 1. The lowest BCUT2D eigenvalue weighted by molar-refractivity contribution is 0.186. The second-order valence-electron chi connectivity index (χ2n) is 7.78. The second-order valence-corrected chi connectivity index (χ2v) is 7.78. The van der Waals surface area contributed by atoms with Crippen LogP contribution in [0.25, 0.3) is 0 Å². The number of hydrogen-bond donors (Lipinski definition) is 1. The molecular weight excluding hydrogens is 341 g/mol. The normalized spacial score (nSPS) is 27.2. The fraction of sp³-hybridized carbons (Fsp3) is 0.409. The highest BCUT2D eigenvalue weighted by atomic mass is 19.1. The number of nitrogens with zero attached hydrogens (tertiary/aromatic N) is 2. The van der Waals surface area contributed by atoms with Gasteiger partial charge in [-0.1, -0.05) is 36.4 Å². The Morgan fingerprint density at radius 1 is 1.15 bits per heavy atom. The van der Waals surface area contributed by atoms with E-state index in [1.54, 1.807) is 0 Å². The minimum Gasteiger partial charge on any atom is -0.462 e. The topological polar surface area (TPSA) is 36.9 Å². The van der Waals surface area contributed by atoms with Gasteiger partial charge in [0.25, 0.3) is 6.02 Å². The van der Waals surface area contributed by atoms with Crippen molar-refractivity contribution in [2.45, 2.75) is 30.8 Å². The van der Waals surface area contributed by atoms with E-state index in [0.717, 1.165) is 50.5 Å². The monoisotopic (exact) mass is 365 g/mol. The van der Waals surface area contributed by atoms with Gasteiger partial charge in [-0.25, -0.2) is 9.38 Å². The van der Waals surface area contributed by atoms with Crippen molar-refractivity contribution in [3.63, 3.8) is 0 Å². The molecule has 0 radical (unpaired) electrons. The minimum atomic E-state index is -0.212. The molecule has 5 heteroatoms. The summed E-state index contributed by atoms with van der Waals surface area (Å²) >= 11 is 0. The number of fused-ring (bicyclic) bond motifs is 1. The van der Waals surface area contributed by atoms with Crippen LogP contribution in [0.5, 0.6) is 0 Å². The lowest BCUT2D eigenvalue weighted by Gasteiger charge is -2.38. The van der Waals surface area contributed by atoms with Gasteiger partial charge >= 0.3 is 0 Å². The highest BCUT2D eigenvalue weighted by molar-refractivity contribution is 5.78. The molecule has 0 aromatic heterocycles. The van der Waals surface area contributed by atoms with Crippen LogP contribution in [0.2, 0.25) is 0 Å². The van der Waals surface area contributed by atoms with Crippen molar-refractivity contribution in [1.82, 2.24) is 10.2 Å². The summed E-state index contributed by atoms with van der Waals surface area (Å²) in [5, 5.41) is 3.46. The smallest absolute Gasteiger partial charge is 0.288 e. The first kappa shape index (κ1) is 16.8. The van der Waals surface area contributed by atoms with Gasteiger partial charge in [0.1, 0.15) is 18.0 Å². The first-order valence-electron chi connectivity index (χ1n) is 9.77. The molecule has 0 bridgehead atoms. The summed E-state index contributed by atoms with van der Waals surface area (Å²) in [6.07, 6.45) is 3.15. The Hall–Kier alpha value is -2.40. The van der Waals surface area contributed by atoms with E-state index in [4.69, 9.17) is 9.73 Å². The van der Waals surface area contributed by atoms with Crippen LogP contribution < -0.4 is 5.32 Å². The summed E-state index contributed by atoms with van der Waals surface area (Å²) in [6, 6.07) is 16.1. The number of amidine groups is 1. The number of halogens is 1. The lowest BCUT2D eigenvalue weighted by Crippen LogP contribution is -2.45. The van der Waals surface area contributed by atoms with Gasteiger partial charge in [0, 0.05) is 13.1 Å². The zero-order chi connectivity index (χ0) is 18.3. The predicted octanol–water partition coefficient (Wildman–Crippen LogP) is 3.28. The molecule has 0 aliphatic carbocycles.